The van der Waals surface area contributed by atoms with Crippen molar-refractivity contribution in [3.05, 3.63) is 42.1 Å². The van der Waals surface area contributed by atoms with Crippen LogP contribution in [0.25, 0.3) is 10.9 Å². The lowest BCUT2D eigenvalue weighted by atomic mass is 9.93. The molecule has 0 spiro atoms. The van der Waals surface area contributed by atoms with E-state index in [-0.39, 0.29) is 0 Å². The zero-order valence-corrected chi connectivity index (χ0v) is 16.3. The lowest BCUT2D eigenvalue weighted by Gasteiger charge is -2.28. The van der Waals surface area contributed by atoms with E-state index >= 15 is 0 Å². The van der Waals surface area contributed by atoms with E-state index in [0.29, 0.717) is 13.1 Å². The average Bonchev–Trinajstić information content (AvgIpc) is 2.64. The van der Waals surface area contributed by atoms with Crippen LogP contribution in [-0.4, -0.2) is 34.7 Å². The summed E-state index contributed by atoms with van der Waals surface area (Å²) in [4.78, 5) is 9.11. The third-order valence-corrected chi connectivity index (χ3v) is 4.51. The van der Waals surface area contributed by atoms with E-state index in [9.17, 15) is 5.11 Å². The predicted octanol–water partition coefficient (Wildman–Crippen LogP) is 3.62. The molecule has 5 heteroatoms. The maximum Gasteiger partial charge on any atom is 0.191 e. The first-order valence-electron chi connectivity index (χ1n) is 9.69. The Morgan fingerprint density at radius 3 is 2.50 bits per heavy atom. The molecule has 0 aliphatic heterocycles. The minimum absolute atomic E-state index is 0.512. The Morgan fingerprint density at radius 1 is 1.08 bits per heavy atom. The maximum absolute atomic E-state index is 10.8. The number of hydrogen-bond acceptors (Lipinski definition) is 3. The smallest absolute Gasteiger partial charge is 0.191 e. The molecule has 2 aromatic rings. The number of pyridine rings is 1. The monoisotopic (exact) mass is 356 g/mol. The van der Waals surface area contributed by atoms with Crippen molar-refractivity contribution < 1.29 is 5.11 Å². The summed E-state index contributed by atoms with van der Waals surface area (Å²) in [5, 5.41) is 18.5. The molecule has 0 saturated heterocycles. The molecule has 0 radical (unpaired) electrons. The van der Waals surface area contributed by atoms with E-state index in [4.69, 9.17) is 4.99 Å². The molecule has 0 fully saturated rings. The van der Waals surface area contributed by atoms with Crippen molar-refractivity contribution in [3.63, 3.8) is 0 Å². The van der Waals surface area contributed by atoms with Gasteiger partial charge in [0, 0.05) is 24.7 Å². The molecule has 5 nitrogen and oxygen atoms in total. The normalized spacial score (nSPS) is 12.4. The van der Waals surface area contributed by atoms with Crippen molar-refractivity contribution >= 4 is 16.9 Å². The van der Waals surface area contributed by atoms with Gasteiger partial charge in [0.15, 0.2) is 5.96 Å². The molecule has 142 valence electrons. The Labute approximate surface area is 157 Å². The van der Waals surface area contributed by atoms with Gasteiger partial charge in [-0.3, -0.25) is 4.98 Å². The standard InChI is InChI=1S/C21H32N4O/c1-4-12-21(26,13-5-2)16-25-20(22-6-3)24-15-17-11-14-23-19-10-8-7-9-18(17)19/h7-11,14,26H,4-6,12-13,15-16H2,1-3H3,(H2,22,24,25). The van der Waals surface area contributed by atoms with Gasteiger partial charge in [-0.05, 0) is 37.5 Å². The summed E-state index contributed by atoms with van der Waals surface area (Å²) in [6.07, 6.45) is 5.35. The molecule has 1 aromatic heterocycles. The minimum Gasteiger partial charge on any atom is -0.388 e. The topological polar surface area (TPSA) is 69.5 Å². The summed E-state index contributed by atoms with van der Waals surface area (Å²) >= 11 is 0. The van der Waals surface area contributed by atoms with Gasteiger partial charge in [0.05, 0.1) is 17.7 Å². The van der Waals surface area contributed by atoms with Crippen molar-refractivity contribution in [3.8, 4) is 0 Å². The Balaban J connectivity index is 2.10. The highest BCUT2D eigenvalue weighted by molar-refractivity contribution is 5.83. The van der Waals surface area contributed by atoms with E-state index in [1.165, 1.54) is 0 Å². The summed E-state index contributed by atoms with van der Waals surface area (Å²) in [7, 11) is 0. The number of hydrogen-bond donors (Lipinski definition) is 3. The third-order valence-electron chi connectivity index (χ3n) is 4.51. The lowest BCUT2D eigenvalue weighted by Crippen LogP contribution is -2.47. The first-order chi connectivity index (χ1) is 12.6. The van der Waals surface area contributed by atoms with Crippen molar-refractivity contribution in [1.29, 1.82) is 0 Å². The second kappa shape index (κ2) is 10.1. The number of benzene rings is 1. The molecule has 0 amide bonds. The molecule has 1 heterocycles. The Kier molecular flexibility index (Phi) is 7.85. The summed E-state index contributed by atoms with van der Waals surface area (Å²) in [5.41, 5.74) is 1.45. The molecule has 0 atom stereocenters. The first-order valence-corrected chi connectivity index (χ1v) is 9.69. The largest absolute Gasteiger partial charge is 0.388 e. The van der Waals surface area contributed by atoms with Crippen LogP contribution in [0.3, 0.4) is 0 Å². The predicted molar refractivity (Wildman–Crippen MR) is 109 cm³/mol. The van der Waals surface area contributed by atoms with Gasteiger partial charge < -0.3 is 15.7 Å². The van der Waals surface area contributed by atoms with E-state index in [2.05, 4.69) is 35.5 Å². The van der Waals surface area contributed by atoms with Crippen molar-refractivity contribution in [2.75, 3.05) is 13.1 Å². The fourth-order valence-corrected chi connectivity index (χ4v) is 3.28. The van der Waals surface area contributed by atoms with Crippen molar-refractivity contribution in [1.82, 2.24) is 15.6 Å². The zero-order chi connectivity index (χ0) is 18.8. The Morgan fingerprint density at radius 2 is 1.81 bits per heavy atom. The van der Waals surface area contributed by atoms with Gasteiger partial charge in [0.2, 0.25) is 0 Å². The van der Waals surface area contributed by atoms with Crippen molar-refractivity contribution in [2.45, 2.75) is 58.6 Å². The minimum atomic E-state index is -0.678. The fourth-order valence-electron chi connectivity index (χ4n) is 3.28. The molecule has 26 heavy (non-hydrogen) atoms. The Hall–Kier alpha value is -2.14. The van der Waals surface area contributed by atoms with E-state index in [0.717, 1.165) is 54.7 Å². The molecule has 0 aliphatic rings. The van der Waals surface area contributed by atoms with Crippen LogP contribution < -0.4 is 10.6 Å². The summed E-state index contributed by atoms with van der Waals surface area (Å²) in [6.45, 7) is 8.12. The summed E-state index contributed by atoms with van der Waals surface area (Å²) < 4.78 is 0. The second-order valence-electron chi connectivity index (χ2n) is 6.76. The molecular weight excluding hydrogens is 324 g/mol. The van der Waals surface area contributed by atoms with Crippen LogP contribution in [0, 0.1) is 0 Å². The Bertz CT molecular complexity index is 703. The number of aliphatic hydroxyl groups is 1. The summed E-state index contributed by atoms with van der Waals surface area (Å²) in [6, 6.07) is 10.1. The van der Waals surface area contributed by atoms with Gasteiger partial charge in [0.25, 0.3) is 0 Å². The first kappa shape index (κ1) is 20.2. The van der Waals surface area contributed by atoms with E-state index in [1.807, 2.05) is 37.4 Å². The van der Waals surface area contributed by atoms with Gasteiger partial charge in [-0.15, -0.1) is 0 Å². The van der Waals surface area contributed by atoms with Gasteiger partial charge >= 0.3 is 0 Å². The number of nitrogens with one attached hydrogen (secondary N) is 2. The van der Waals surface area contributed by atoms with Gasteiger partial charge in [-0.2, -0.15) is 0 Å². The van der Waals surface area contributed by atoms with Crippen LogP contribution in [0.2, 0.25) is 0 Å². The molecule has 0 unspecified atom stereocenters. The molecular formula is C21H32N4O. The maximum atomic E-state index is 10.8. The molecule has 1 aromatic carbocycles. The second-order valence-corrected chi connectivity index (χ2v) is 6.76. The number of fused-ring (bicyclic) bond motifs is 1. The average molecular weight is 357 g/mol. The van der Waals surface area contributed by atoms with Gasteiger partial charge in [-0.25, -0.2) is 4.99 Å². The third kappa shape index (κ3) is 5.70. The zero-order valence-electron chi connectivity index (χ0n) is 16.3. The van der Waals surface area contributed by atoms with E-state index in [1.54, 1.807) is 0 Å². The quantitative estimate of drug-likeness (QED) is 0.474. The molecule has 0 saturated carbocycles. The number of para-hydroxylation sites is 1. The molecule has 2 rings (SSSR count). The highest BCUT2D eigenvalue weighted by atomic mass is 16.3. The molecule has 3 N–H and O–H groups in total. The van der Waals surface area contributed by atoms with Crippen molar-refractivity contribution in [2.24, 2.45) is 4.99 Å². The van der Waals surface area contributed by atoms with Crippen LogP contribution in [0.15, 0.2) is 41.5 Å². The number of aliphatic imine (C=N–C) groups is 1. The fraction of sp³-hybridized carbons (Fsp3) is 0.524. The van der Waals surface area contributed by atoms with Gasteiger partial charge in [-0.1, -0.05) is 44.9 Å². The number of rotatable bonds is 9. The number of guanidine groups is 1. The van der Waals surface area contributed by atoms with Crippen LogP contribution in [0.1, 0.15) is 52.0 Å². The molecule has 0 aliphatic carbocycles. The highest BCUT2D eigenvalue weighted by Crippen LogP contribution is 2.19. The molecule has 0 bridgehead atoms. The summed E-state index contributed by atoms with van der Waals surface area (Å²) in [5.74, 6) is 0.735. The van der Waals surface area contributed by atoms with Crippen LogP contribution in [0.4, 0.5) is 0 Å². The highest BCUT2D eigenvalue weighted by Gasteiger charge is 2.24. The van der Waals surface area contributed by atoms with Crippen LogP contribution in [-0.2, 0) is 6.54 Å². The SMILES string of the molecule is CCCC(O)(CCC)CNC(=NCc1ccnc2ccccc12)NCC. The van der Waals surface area contributed by atoms with Crippen LogP contribution >= 0.6 is 0 Å². The lowest BCUT2D eigenvalue weighted by molar-refractivity contribution is 0.0257. The van der Waals surface area contributed by atoms with Gasteiger partial charge in [0.1, 0.15) is 0 Å². The number of aromatic nitrogens is 1. The number of nitrogens with zero attached hydrogens (tertiary/aromatic N) is 2. The van der Waals surface area contributed by atoms with E-state index < -0.39 is 5.60 Å². The van der Waals surface area contributed by atoms with Crippen LogP contribution in [0.5, 0.6) is 0 Å².